The third-order valence-electron chi connectivity index (χ3n) is 5.44. The molecule has 10 heteroatoms. The SMILES string of the molecule is CC(CCc1ccco1)N(C)c1cc(N2CCOCC2)c([N+](=O)[O-])c2nonc12. The van der Waals surface area contributed by atoms with Gasteiger partial charge in [-0.1, -0.05) is 0 Å². The molecule has 0 N–H and O–H groups in total. The number of furan rings is 1. The van der Waals surface area contributed by atoms with E-state index in [4.69, 9.17) is 13.8 Å². The van der Waals surface area contributed by atoms with Crippen LogP contribution in [-0.4, -0.2) is 54.6 Å². The Hall–Kier alpha value is -3.14. The Morgan fingerprint density at radius 1 is 1.31 bits per heavy atom. The fourth-order valence-electron chi connectivity index (χ4n) is 3.63. The van der Waals surface area contributed by atoms with Crippen LogP contribution in [0.4, 0.5) is 17.1 Å². The van der Waals surface area contributed by atoms with Crippen molar-refractivity contribution in [3.05, 3.63) is 40.3 Å². The first-order valence-corrected chi connectivity index (χ1v) is 9.58. The van der Waals surface area contributed by atoms with Crippen LogP contribution in [0.2, 0.25) is 0 Å². The van der Waals surface area contributed by atoms with E-state index in [2.05, 4.69) is 22.1 Å². The fourth-order valence-corrected chi connectivity index (χ4v) is 3.63. The molecule has 0 radical (unpaired) electrons. The quantitative estimate of drug-likeness (QED) is 0.435. The molecule has 2 aromatic heterocycles. The Kier molecular flexibility index (Phi) is 5.34. The molecule has 29 heavy (non-hydrogen) atoms. The van der Waals surface area contributed by atoms with Gasteiger partial charge in [0.05, 0.1) is 30.1 Å². The van der Waals surface area contributed by atoms with Crippen molar-refractivity contribution in [3.63, 3.8) is 0 Å². The van der Waals surface area contributed by atoms with E-state index < -0.39 is 4.92 Å². The molecule has 0 amide bonds. The summed E-state index contributed by atoms with van der Waals surface area (Å²) >= 11 is 0. The van der Waals surface area contributed by atoms with Gasteiger partial charge < -0.3 is 19.0 Å². The number of aromatic nitrogens is 2. The summed E-state index contributed by atoms with van der Waals surface area (Å²) in [6.45, 7) is 4.30. The molecule has 4 rings (SSSR count). The van der Waals surface area contributed by atoms with Crippen molar-refractivity contribution in [2.75, 3.05) is 43.2 Å². The number of nitro groups is 1. The summed E-state index contributed by atoms with van der Waals surface area (Å²) in [6.07, 6.45) is 3.31. The maximum absolute atomic E-state index is 11.8. The van der Waals surface area contributed by atoms with E-state index in [0.717, 1.165) is 24.3 Å². The van der Waals surface area contributed by atoms with Gasteiger partial charge in [0, 0.05) is 32.6 Å². The van der Waals surface area contributed by atoms with Gasteiger partial charge in [0.1, 0.15) is 11.4 Å². The minimum Gasteiger partial charge on any atom is -0.469 e. The molecule has 3 heterocycles. The van der Waals surface area contributed by atoms with Gasteiger partial charge in [0.2, 0.25) is 5.52 Å². The Bertz CT molecular complexity index is 980. The number of hydrogen-bond acceptors (Lipinski definition) is 9. The van der Waals surface area contributed by atoms with Crippen LogP contribution >= 0.6 is 0 Å². The lowest BCUT2D eigenvalue weighted by atomic mass is 10.1. The van der Waals surface area contributed by atoms with Crippen LogP contribution in [0.25, 0.3) is 11.0 Å². The van der Waals surface area contributed by atoms with Crippen molar-refractivity contribution in [3.8, 4) is 0 Å². The lowest BCUT2D eigenvalue weighted by Gasteiger charge is -2.31. The van der Waals surface area contributed by atoms with Crippen molar-refractivity contribution in [1.29, 1.82) is 0 Å². The first-order chi connectivity index (χ1) is 14.1. The van der Waals surface area contributed by atoms with Crippen LogP contribution in [0.3, 0.4) is 0 Å². The van der Waals surface area contributed by atoms with Crippen LogP contribution in [-0.2, 0) is 11.2 Å². The molecule has 1 aromatic carbocycles. The van der Waals surface area contributed by atoms with Gasteiger partial charge in [-0.15, -0.1) is 0 Å². The van der Waals surface area contributed by atoms with Crippen molar-refractivity contribution in [2.24, 2.45) is 0 Å². The summed E-state index contributed by atoms with van der Waals surface area (Å²) in [5.74, 6) is 0.927. The third-order valence-corrected chi connectivity index (χ3v) is 5.44. The molecule has 10 nitrogen and oxygen atoms in total. The van der Waals surface area contributed by atoms with Crippen molar-refractivity contribution in [2.45, 2.75) is 25.8 Å². The molecule has 1 unspecified atom stereocenters. The first-order valence-electron chi connectivity index (χ1n) is 9.58. The molecule has 1 fully saturated rings. The Morgan fingerprint density at radius 3 is 2.76 bits per heavy atom. The predicted octanol–water partition coefficient (Wildman–Crippen LogP) is 3.02. The number of benzene rings is 1. The van der Waals surface area contributed by atoms with Crippen LogP contribution in [0.15, 0.2) is 33.5 Å². The minimum atomic E-state index is -0.415. The number of ether oxygens (including phenoxy) is 1. The largest absolute Gasteiger partial charge is 0.469 e. The van der Waals surface area contributed by atoms with Gasteiger partial charge >= 0.3 is 5.69 Å². The van der Waals surface area contributed by atoms with E-state index in [-0.39, 0.29) is 17.2 Å². The third kappa shape index (κ3) is 3.75. The van der Waals surface area contributed by atoms with Crippen LogP contribution in [0.1, 0.15) is 19.1 Å². The zero-order valence-corrected chi connectivity index (χ0v) is 16.4. The Morgan fingerprint density at radius 2 is 2.07 bits per heavy atom. The van der Waals surface area contributed by atoms with E-state index in [1.165, 1.54) is 0 Å². The average molecular weight is 401 g/mol. The summed E-state index contributed by atoms with van der Waals surface area (Å²) in [6, 6.07) is 5.78. The number of hydrogen-bond donors (Lipinski definition) is 0. The first kappa shape index (κ1) is 19.2. The summed E-state index contributed by atoms with van der Waals surface area (Å²) in [5.41, 5.74) is 1.74. The van der Waals surface area contributed by atoms with Crippen molar-refractivity contribution < 1.29 is 18.7 Å². The van der Waals surface area contributed by atoms with Gasteiger partial charge in [-0.2, -0.15) is 0 Å². The highest BCUT2D eigenvalue weighted by Gasteiger charge is 2.31. The molecule has 1 saturated heterocycles. The number of anilines is 2. The summed E-state index contributed by atoms with van der Waals surface area (Å²) in [7, 11) is 1.95. The second kappa shape index (κ2) is 8.08. The molecule has 0 saturated carbocycles. The number of morpholine rings is 1. The van der Waals surface area contributed by atoms with Crippen molar-refractivity contribution in [1.82, 2.24) is 10.3 Å². The zero-order valence-electron chi connectivity index (χ0n) is 16.4. The van der Waals surface area contributed by atoms with Gasteiger partial charge in [0.15, 0.2) is 5.52 Å². The number of nitro benzene ring substituents is 1. The van der Waals surface area contributed by atoms with E-state index in [0.29, 0.717) is 37.5 Å². The van der Waals surface area contributed by atoms with Gasteiger partial charge in [-0.05, 0) is 41.9 Å². The molecule has 0 spiro atoms. The summed E-state index contributed by atoms with van der Waals surface area (Å²) < 4.78 is 15.7. The molecule has 154 valence electrons. The predicted molar refractivity (Wildman–Crippen MR) is 106 cm³/mol. The maximum atomic E-state index is 11.8. The normalized spacial score (nSPS) is 15.6. The Balaban J connectivity index is 1.70. The van der Waals surface area contributed by atoms with Crippen LogP contribution in [0.5, 0.6) is 0 Å². The van der Waals surface area contributed by atoms with E-state index in [1.54, 1.807) is 6.26 Å². The smallest absolute Gasteiger partial charge is 0.323 e. The number of aryl methyl sites for hydroxylation is 1. The average Bonchev–Trinajstić information content (AvgIpc) is 3.42. The Labute approximate surface area is 167 Å². The molecule has 0 bridgehead atoms. The fraction of sp³-hybridized carbons (Fsp3) is 0.474. The summed E-state index contributed by atoms with van der Waals surface area (Å²) in [5, 5.41) is 19.7. The van der Waals surface area contributed by atoms with Gasteiger partial charge in [-0.25, -0.2) is 4.63 Å². The second-order valence-corrected chi connectivity index (χ2v) is 7.16. The number of fused-ring (bicyclic) bond motifs is 1. The second-order valence-electron chi connectivity index (χ2n) is 7.16. The molecular formula is C19H23N5O5. The molecule has 3 aromatic rings. The number of rotatable bonds is 7. The molecule has 1 atom stereocenters. The lowest BCUT2D eigenvalue weighted by molar-refractivity contribution is -0.382. The molecular weight excluding hydrogens is 378 g/mol. The van der Waals surface area contributed by atoms with Crippen molar-refractivity contribution >= 4 is 28.1 Å². The lowest BCUT2D eigenvalue weighted by Crippen LogP contribution is -2.37. The van der Waals surface area contributed by atoms with Crippen LogP contribution < -0.4 is 9.80 Å². The van der Waals surface area contributed by atoms with E-state index >= 15 is 0 Å². The topological polar surface area (TPSA) is 111 Å². The van der Waals surface area contributed by atoms with E-state index in [9.17, 15) is 10.1 Å². The monoisotopic (exact) mass is 401 g/mol. The highest BCUT2D eigenvalue weighted by atomic mass is 16.6. The highest BCUT2D eigenvalue weighted by Crippen LogP contribution is 2.41. The summed E-state index contributed by atoms with van der Waals surface area (Å²) in [4.78, 5) is 15.4. The van der Waals surface area contributed by atoms with Crippen LogP contribution in [0, 0.1) is 10.1 Å². The van der Waals surface area contributed by atoms with Gasteiger partial charge in [-0.3, -0.25) is 10.1 Å². The zero-order chi connectivity index (χ0) is 20.4. The minimum absolute atomic E-state index is 0.0801. The molecule has 0 aliphatic carbocycles. The standard InChI is InChI=1S/C19H23N5O5/c1-13(5-6-14-4-3-9-28-14)22(2)15-12-16(23-7-10-27-11-8-23)19(24(25)26)18-17(15)20-29-21-18/h3-4,9,12-13H,5-8,10-11H2,1-2H3. The van der Waals surface area contributed by atoms with Gasteiger partial charge in [0.25, 0.3) is 0 Å². The van der Waals surface area contributed by atoms with E-state index in [1.807, 2.05) is 30.1 Å². The molecule has 1 aliphatic rings. The highest BCUT2D eigenvalue weighted by molar-refractivity contribution is 6.00. The maximum Gasteiger partial charge on any atom is 0.323 e. The number of nitrogens with zero attached hydrogens (tertiary/aromatic N) is 5. The molecule has 1 aliphatic heterocycles.